The van der Waals surface area contributed by atoms with E-state index in [2.05, 4.69) is 0 Å². The fourth-order valence-electron chi connectivity index (χ4n) is 1.10. The molecule has 2 nitrogen and oxygen atoms in total. The molecule has 3 heteroatoms. The van der Waals surface area contributed by atoms with Gasteiger partial charge < -0.3 is 10.5 Å². The molecule has 0 aromatic heterocycles. The van der Waals surface area contributed by atoms with Gasteiger partial charge in [-0.05, 0) is 13.0 Å². The predicted molar refractivity (Wildman–Crippen MR) is 53.1 cm³/mol. The molecule has 1 aromatic rings. The van der Waals surface area contributed by atoms with Crippen LogP contribution in [0.3, 0.4) is 0 Å². The van der Waals surface area contributed by atoms with Crippen molar-refractivity contribution in [3.8, 4) is 5.75 Å². The van der Waals surface area contributed by atoms with E-state index in [9.17, 15) is 0 Å². The monoisotopic (exact) mass is 163 g/mol. The molecule has 0 spiro atoms. The van der Waals surface area contributed by atoms with Crippen molar-refractivity contribution in [3.63, 3.8) is 0 Å². The van der Waals surface area contributed by atoms with Crippen LogP contribution in [0.2, 0.25) is 0 Å². The molecule has 1 rings (SSSR count). The third kappa shape index (κ3) is 1.80. The lowest BCUT2D eigenvalue weighted by molar-refractivity contribution is 0.407. The van der Waals surface area contributed by atoms with E-state index in [0.717, 1.165) is 11.3 Å². The number of ether oxygens (including phenoxy) is 1. The smallest absolute Gasteiger partial charge is 0.123 e. The second kappa shape index (κ2) is 3.63. The standard InChI is InChI=1S/C9H12BNO.H2/c1-6(11)8-4-3-7(10)5-9(8)12-2;/h3-6H,11H2,1-2H3;1H/t6-;/m0./s1. The molecule has 0 saturated carbocycles. The molecule has 0 amide bonds. The van der Waals surface area contributed by atoms with Gasteiger partial charge in [-0.2, -0.15) is 0 Å². The van der Waals surface area contributed by atoms with Crippen LogP contribution in [0.25, 0.3) is 0 Å². The van der Waals surface area contributed by atoms with Gasteiger partial charge in [0.2, 0.25) is 0 Å². The molecule has 2 N–H and O–H groups in total. The summed E-state index contributed by atoms with van der Waals surface area (Å²) in [7, 11) is 7.19. The number of hydrogen-bond donors (Lipinski definition) is 1. The van der Waals surface area contributed by atoms with E-state index in [1.54, 1.807) is 13.2 Å². The van der Waals surface area contributed by atoms with Crippen LogP contribution in [-0.4, -0.2) is 15.0 Å². The van der Waals surface area contributed by atoms with Gasteiger partial charge in [-0.1, -0.05) is 17.6 Å². The summed E-state index contributed by atoms with van der Waals surface area (Å²) < 4.78 is 5.13. The summed E-state index contributed by atoms with van der Waals surface area (Å²) in [6, 6.07) is 5.46. The molecular weight excluding hydrogens is 149 g/mol. The minimum atomic E-state index is -0.0273. The SMILES string of the molecule is [B]c1ccc([C@H](C)N)c(OC)c1.[HH]. The van der Waals surface area contributed by atoms with Crippen LogP contribution in [0, 0.1) is 0 Å². The molecule has 0 bridgehead atoms. The number of benzene rings is 1. The van der Waals surface area contributed by atoms with E-state index in [1.165, 1.54) is 0 Å². The topological polar surface area (TPSA) is 35.2 Å². The van der Waals surface area contributed by atoms with Crippen LogP contribution in [0.15, 0.2) is 18.2 Å². The van der Waals surface area contributed by atoms with Crippen molar-refractivity contribution in [1.29, 1.82) is 0 Å². The second-order valence-corrected chi connectivity index (χ2v) is 2.79. The highest BCUT2D eigenvalue weighted by Crippen LogP contribution is 2.21. The van der Waals surface area contributed by atoms with Crippen LogP contribution in [0.4, 0.5) is 0 Å². The maximum atomic E-state index is 5.72. The molecule has 64 valence electrons. The van der Waals surface area contributed by atoms with Gasteiger partial charge in [0, 0.05) is 13.0 Å². The summed E-state index contributed by atoms with van der Waals surface area (Å²) in [4.78, 5) is 0. The Bertz CT molecular complexity index is 278. The molecular formula is C9H14BNO. The fourth-order valence-corrected chi connectivity index (χ4v) is 1.10. The van der Waals surface area contributed by atoms with Gasteiger partial charge in [-0.3, -0.25) is 0 Å². The van der Waals surface area contributed by atoms with E-state index in [1.807, 2.05) is 19.1 Å². The number of rotatable bonds is 2. The van der Waals surface area contributed by atoms with E-state index in [-0.39, 0.29) is 7.47 Å². The average molecular weight is 163 g/mol. The van der Waals surface area contributed by atoms with E-state index < -0.39 is 0 Å². The molecule has 0 heterocycles. The van der Waals surface area contributed by atoms with Crippen LogP contribution >= 0.6 is 0 Å². The predicted octanol–water partition coefficient (Wildman–Crippen LogP) is 0.755. The zero-order valence-corrected chi connectivity index (χ0v) is 7.37. The minimum absolute atomic E-state index is 0. The van der Waals surface area contributed by atoms with Crippen LogP contribution in [0.1, 0.15) is 20.0 Å². The Morgan fingerprint density at radius 3 is 2.75 bits per heavy atom. The quantitative estimate of drug-likeness (QED) is 0.653. The fraction of sp³-hybridized carbons (Fsp3) is 0.333. The summed E-state index contributed by atoms with van der Waals surface area (Å²) in [5.74, 6) is 0.755. The highest BCUT2D eigenvalue weighted by Gasteiger charge is 2.05. The molecule has 12 heavy (non-hydrogen) atoms. The van der Waals surface area contributed by atoms with Crippen molar-refractivity contribution in [1.82, 2.24) is 0 Å². The summed E-state index contributed by atoms with van der Waals surface area (Å²) in [6.07, 6.45) is 0. The van der Waals surface area contributed by atoms with E-state index in [4.69, 9.17) is 18.3 Å². The Balaban J connectivity index is 0.00000144. The number of methoxy groups -OCH3 is 1. The minimum Gasteiger partial charge on any atom is -0.496 e. The number of hydrogen-bond acceptors (Lipinski definition) is 2. The lowest BCUT2D eigenvalue weighted by Crippen LogP contribution is -2.10. The Labute approximate surface area is 75.6 Å². The lowest BCUT2D eigenvalue weighted by atomic mass is 9.93. The molecule has 0 aliphatic carbocycles. The molecule has 0 fully saturated rings. The Hall–Kier alpha value is -0.955. The lowest BCUT2D eigenvalue weighted by Gasteiger charge is -2.11. The first-order valence-electron chi connectivity index (χ1n) is 3.84. The van der Waals surface area contributed by atoms with Gasteiger partial charge in [0.05, 0.1) is 7.11 Å². The normalized spacial score (nSPS) is 12.6. The number of nitrogens with two attached hydrogens (primary N) is 1. The molecule has 1 aromatic carbocycles. The maximum absolute atomic E-state index is 5.72. The van der Waals surface area contributed by atoms with Crippen molar-refractivity contribution in [2.45, 2.75) is 13.0 Å². The maximum Gasteiger partial charge on any atom is 0.123 e. The summed E-state index contributed by atoms with van der Waals surface area (Å²) in [5, 5.41) is 0. The highest BCUT2D eigenvalue weighted by molar-refractivity contribution is 6.32. The zero-order valence-electron chi connectivity index (χ0n) is 7.37. The molecule has 0 unspecified atom stereocenters. The van der Waals surface area contributed by atoms with Crippen molar-refractivity contribution in [2.24, 2.45) is 5.73 Å². The van der Waals surface area contributed by atoms with Gasteiger partial charge in [-0.25, -0.2) is 0 Å². The Morgan fingerprint density at radius 1 is 1.58 bits per heavy atom. The first-order valence-corrected chi connectivity index (χ1v) is 3.84. The third-order valence-electron chi connectivity index (χ3n) is 1.75. The van der Waals surface area contributed by atoms with Gasteiger partial charge >= 0.3 is 0 Å². The molecule has 0 saturated heterocycles. The second-order valence-electron chi connectivity index (χ2n) is 2.79. The Morgan fingerprint density at radius 2 is 2.25 bits per heavy atom. The van der Waals surface area contributed by atoms with Gasteiger partial charge in [0.25, 0.3) is 0 Å². The molecule has 0 aliphatic rings. The van der Waals surface area contributed by atoms with Crippen molar-refractivity contribution in [3.05, 3.63) is 23.8 Å². The summed E-state index contributed by atoms with van der Waals surface area (Å²) in [6.45, 7) is 1.91. The first-order chi connectivity index (χ1) is 5.65. The zero-order chi connectivity index (χ0) is 9.14. The first kappa shape index (κ1) is 9.14. The van der Waals surface area contributed by atoms with Crippen molar-refractivity contribution in [2.75, 3.05) is 7.11 Å². The average Bonchev–Trinajstić information content (AvgIpc) is 2.03. The van der Waals surface area contributed by atoms with E-state index >= 15 is 0 Å². The third-order valence-corrected chi connectivity index (χ3v) is 1.75. The molecule has 1 atom stereocenters. The summed E-state index contributed by atoms with van der Waals surface area (Å²) >= 11 is 0. The van der Waals surface area contributed by atoms with Crippen LogP contribution < -0.4 is 15.9 Å². The molecule has 2 radical (unpaired) electrons. The summed E-state index contributed by atoms with van der Waals surface area (Å²) in [5.41, 5.74) is 7.39. The van der Waals surface area contributed by atoms with Crippen LogP contribution in [-0.2, 0) is 0 Å². The van der Waals surface area contributed by atoms with Gasteiger partial charge in [-0.15, -0.1) is 0 Å². The van der Waals surface area contributed by atoms with Gasteiger partial charge in [0.15, 0.2) is 0 Å². The van der Waals surface area contributed by atoms with E-state index in [0.29, 0.717) is 5.46 Å². The van der Waals surface area contributed by atoms with Crippen molar-refractivity contribution >= 4 is 13.3 Å². The molecule has 0 aliphatic heterocycles. The van der Waals surface area contributed by atoms with Crippen LogP contribution in [0.5, 0.6) is 5.75 Å². The van der Waals surface area contributed by atoms with Gasteiger partial charge in [0.1, 0.15) is 13.6 Å². The Kier molecular flexibility index (Phi) is 2.76. The highest BCUT2D eigenvalue weighted by atomic mass is 16.5. The largest absolute Gasteiger partial charge is 0.496 e. The van der Waals surface area contributed by atoms with Crippen molar-refractivity contribution < 1.29 is 6.16 Å².